The molecule has 1 aliphatic carbocycles. The van der Waals surface area contributed by atoms with Gasteiger partial charge in [-0.3, -0.25) is 4.79 Å². The number of ether oxygens (including phenoxy) is 2. The minimum absolute atomic E-state index is 0.0874. The van der Waals surface area contributed by atoms with Crippen molar-refractivity contribution in [1.82, 2.24) is 0 Å². The zero-order chi connectivity index (χ0) is 16.7. The third-order valence-electron chi connectivity index (χ3n) is 4.47. The van der Waals surface area contributed by atoms with E-state index in [1.165, 1.54) is 0 Å². The average molecular weight is 320 g/mol. The van der Waals surface area contributed by atoms with Crippen molar-refractivity contribution in [2.24, 2.45) is 11.8 Å². The Balaban J connectivity index is 2.00. The number of hydrogen-bond donors (Lipinski definition) is 1. The van der Waals surface area contributed by atoms with Gasteiger partial charge in [-0.15, -0.1) is 0 Å². The summed E-state index contributed by atoms with van der Waals surface area (Å²) in [4.78, 5) is 10.9. The zero-order valence-electron chi connectivity index (χ0n) is 14.1. The third kappa shape index (κ3) is 5.63. The molecule has 1 fully saturated rings. The van der Waals surface area contributed by atoms with Gasteiger partial charge in [0.25, 0.3) is 0 Å². The summed E-state index contributed by atoms with van der Waals surface area (Å²) in [5.74, 6) is 1.65. The number of rotatable bonds is 8. The lowest BCUT2D eigenvalue weighted by Gasteiger charge is -2.34. The van der Waals surface area contributed by atoms with Crippen LogP contribution in [0.1, 0.15) is 56.3 Å². The molecule has 0 aromatic heterocycles. The zero-order valence-corrected chi connectivity index (χ0v) is 14.1. The Labute approximate surface area is 138 Å². The second-order valence-corrected chi connectivity index (χ2v) is 6.65. The molecule has 0 spiro atoms. The van der Waals surface area contributed by atoms with Gasteiger partial charge in [-0.25, -0.2) is 0 Å². The van der Waals surface area contributed by atoms with Crippen molar-refractivity contribution in [3.63, 3.8) is 0 Å². The predicted molar refractivity (Wildman–Crippen MR) is 89.6 cm³/mol. The smallest absolute Gasteiger partial charge is 0.202 e. The topological polar surface area (TPSA) is 55.8 Å². The van der Waals surface area contributed by atoms with E-state index in [4.69, 9.17) is 14.6 Å². The summed E-state index contributed by atoms with van der Waals surface area (Å²) in [6.07, 6.45) is 5.85. The second kappa shape index (κ2) is 9.04. The molecule has 0 saturated heterocycles. The maximum Gasteiger partial charge on any atom is 0.202 e. The van der Waals surface area contributed by atoms with Gasteiger partial charge >= 0.3 is 0 Å². The number of benzene rings is 1. The Morgan fingerprint density at radius 2 is 2.00 bits per heavy atom. The number of hydrogen-bond acceptors (Lipinski definition) is 4. The number of aliphatic hydroxyl groups excluding tert-OH is 1. The number of carbonyl (C=O) groups is 1. The SMILES string of the molecule is CC(C)OC(Oc1cccc(C=O)c1)C1CCC(CCO)CC1. The molecule has 0 heterocycles. The Morgan fingerprint density at radius 3 is 2.61 bits per heavy atom. The van der Waals surface area contributed by atoms with Gasteiger partial charge in [0.2, 0.25) is 6.29 Å². The highest BCUT2D eigenvalue weighted by Crippen LogP contribution is 2.34. The van der Waals surface area contributed by atoms with Crippen molar-refractivity contribution in [3.05, 3.63) is 29.8 Å². The summed E-state index contributed by atoms with van der Waals surface area (Å²) in [6, 6.07) is 7.20. The highest BCUT2D eigenvalue weighted by atomic mass is 16.7. The van der Waals surface area contributed by atoms with Gasteiger partial charge in [0.15, 0.2) is 0 Å². The van der Waals surface area contributed by atoms with Crippen LogP contribution < -0.4 is 4.74 Å². The van der Waals surface area contributed by atoms with Gasteiger partial charge in [-0.05, 0) is 64.0 Å². The quantitative estimate of drug-likeness (QED) is 0.584. The van der Waals surface area contributed by atoms with Crippen LogP contribution in [-0.4, -0.2) is 30.4 Å². The molecule has 1 aliphatic rings. The van der Waals surface area contributed by atoms with E-state index in [2.05, 4.69) is 0 Å². The number of aldehydes is 1. The predicted octanol–water partition coefficient (Wildman–Crippen LogP) is 3.82. The summed E-state index contributed by atoms with van der Waals surface area (Å²) in [5.41, 5.74) is 0.609. The molecule has 2 rings (SSSR count). The van der Waals surface area contributed by atoms with Gasteiger partial charge in [0.05, 0.1) is 6.10 Å². The average Bonchev–Trinajstić information content (AvgIpc) is 2.55. The lowest BCUT2D eigenvalue weighted by molar-refractivity contribution is -0.148. The first-order valence-electron chi connectivity index (χ1n) is 8.60. The van der Waals surface area contributed by atoms with E-state index in [1.54, 1.807) is 12.1 Å². The van der Waals surface area contributed by atoms with Crippen LogP contribution in [0, 0.1) is 11.8 Å². The first-order chi connectivity index (χ1) is 11.1. The normalized spacial score (nSPS) is 22.8. The lowest BCUT2D eigenvalue weighted by atomic mass is 9.80. The second-order valence-electron chi connectivity index (χ2n) is 6.65. The fourth-order valence-corrected chi connectivity index (χ4v) is 3.23. The van der Waals surface area contributed by atoms with Crippen LogP contribution in [0.2, 0.25) is 0 Å². The Hall–Kier alpha value is -1.39. The Bertz CT molecular complexity index is 478. The molecule has 0 radical (unpaired) electrons. The summed E-state index contributed by atoms with van der Waals surface area (Å²) < 4.78 is 12.1. The number of aliphatic hydroxyl groups is 1. The van der Waals surface area contributed by atoms with Gasteiger partial charge < -0.3 is 14.6 Å². The van der Waals surface area contributed by atoms with Gasteiger partial charge in [0.1, 0.15) is 12.0 Å². The maximum absolute atomic E-state index is 10.9. The van der Waals surface area contributed by atoms with E-state index in [0.29, 0.717) is 23.1 Å². The van der Waals surface area contributed by atoms with E-state index in [-0.39, 0.29) is 19.0 Å². The van der Waals surface area contributed by atoms with Crippen molar-refractivity contribution in [2.45, 2.75) is 58.3 Å². The molecule has 128 valence electrons. The summed E-state index contributed by atoms with van der Waals surface area (Å²) in [5, 5.41) is 9.08. The number of carbonyl (C=O) groups excluding carboxylic acids is 1. The van der Waals surface area contributed by atoms with E-state index in [1.807, 2.05) is 26.0 Å². The molecule has 1 aromatic rings. The van der Waals surface area contributed by atoms with Crippen molar-refractivity contribution >= 4 is 6.29 Å². The van der Waals surface area contributed by atoms with Crippen molar-refractivity contribution in [1.29, 1.82) is 0 Å². The fourth-order valence-electron chi connectivity index (χ4n) is 3.23. The minimum atomic E-state index is -0.285. The molecular weight excluding hydrogens is 292 g/mol. The van der Waals surface area contributed by atoms with Crippen molar-refractivity contribution in [2.75, 3.05) is 6.61 Å². The van der Waals surface area contributed by atoms with E-state index >= 15 is 0 Å². The minimum Gasteiger partial charge on any atom is -0.465 e. The molecule has 1 atom stereocenters. The molecule has 4 heteroatoms. The van der Waals surface area contributed by atoms with E-state index < -0.39 is 0 Å². The molecule has 1 N–H and O–H groups in total. The third-order valence-corrected chi connectivity index (χ3v) is 4.47. The maximum atomic E-state index is 10.9. The van der Waals surface area contributed by atoms with Crippen LogP contribution >= 0.6 is 0 Å². The van der Waals surface area contributed by atoms with Crippen LogP contribution in [0.4, 0.5) is 0 Å². The first kappa shape index (κ1) is 18.0. The monoisotopic (exact) mass is 320 g/mol. The molecule has 1 aromatic carbocycles. The summed E-state index contributed by atoms with van der Waals surface area (Å²) in [7, 11) is 0. The summed E-state index contributed by atoms with van der Waals surface area (Å²) >= 11 is 0. The van der Waals surface area contributed by atoms with Crippen molar-refractivity contribution < 1.29 is 19.4 Å². The van der Waals surface area contributed by atoms with Crippen LogP contribution in [-0.2, 0) is 4.74 Å². The van der Waals surface area contributed by atoms with E-state index in [0.717, 1.165) is 38.4 Å². The highest BCUT2D eigenvalue weighted by molar-refractivity contribution is 5.75. The largest absolute Gasteiger partial charge is 0.465 e. The standard InChI is InChI=1S/C19H28O4/c1-14(2)22-19(17-8-6-15(7-9-17)10-11-20)23-18-5-3-4-16(12-18)13-21/h3-5,12-15,17,19-20H,6-11H2,1-2H3. The lowest BCUT2D eigenvalue weighted by Crippen LogP contribution is -2.35. The van der Waals surface area contributed by atoms with Crippen molar-refractivity contribution in [3.8, 4) is 5.75 Å². The van der Waals surface area contributed by atoms with Crippen LogP contribution in [0.5, 0.6) is 5.75 Å². The van der Waals surface area contributed by atoms with Crippen LogP contribution in [0.3, 0.4) is 0 Å². The molecule has 1 saturated carbocycles. The van der Waals surface area contributed by atoms with E-state index in [9.17, 15) is 4.79 Å². The van der Waals surface area contributed by atoms with Crippen LogP contribution in [0.25, 0.3) is 0 Å². The van der Waals surface area contributed by atoms with Gasteiger partial charge in [-0.1, -0.05) is 12.1 Å². The molecule has 0 aliphatic heterocycles. The molecular formula is C19H28O4. The highest BCUT2D eigenvalue weighted by Gasteiger charge is 2.30. The Kier molecular flexibility index (Phi) is 7.06. The van der Waals surface area contributed by atoms with Crippen LogP contribution in [0.15, 0.2) is 24.3 Å². The fraction of sp³-hybridized carbons (Fsp3) is 0.632. The Morgan fingerprint density at radius 1 is 1.26 bits per heavy atom. The molecule has 1 unspecified atom stereocenters. The molecule has 23 heavy (non-hydrogen) atoms. The first-order valence-corrected chi connectivity index (χ1v) is 8.60. The molecule has 0 amide bonds. The van der Waals surface area contributed by atoms with Gasteiger partial charge in [-0.2, -0.15) is 0 Å². The van der Waals surface area contributed by atoms with Gasteiger partial charge in [0, 0.05) is 18.1 Å². The summed E-state index contributed by atoms with van der Waals surface area (Å²) in [6.45, 7) is 4.29. The molecule has 4 nitrogen and oxygen atoms in total. The molecule has 0 bridgehead atoms.